The Morgan fingerprint density at radius 3 is 2.58 bits per heavy atom. The monoisotopic (exact) mass is 262 g/mol. The Morgan fingerprint density at radius 2 is 1.89 bits per heavy atom. The molecule has 106 valence electrons. The van der Waals surface area contributed by atoms with E-state index in [0.29, 0.717) is 0 Å². The molecule has 0 saturated carbocycles. The molecule has 19 heavy (non-hydrogen) atoms. The van der Waals surface area contributed by atoms with Gasteiger partial charge in [-0.2, -0.15) is 0 Å². The molecular weight excluding hydrogens is 236 g/mol. The summed E-state index contributed by atoms with van der Waals surface area (Å²) in [6.07, 6.45) is 4.02. The number of hydrogen-bond donors (Lipinski definition) is 1. The second kappa shape index (κ2) is 8.18. The number of rotatable bonds is 8. The van der Waals surface area contributed by atoms with Crippen LogP contribution in [0, 0.1) is 0 Å². The maximum atomic E-state index is 5.43. The molecule has 1 aliphatic heterocycles. The lowest BCUT2D eigenvalue weighted by Gasteiger charge is -2.14. The van der Waals surface area contributed by atoms with Crippen LogP contribution in [0.3, 0.4) is 0 Å². The van der Waals surface area contributed by atoms with Crippen molar-refractivity contribution in [1.29, 1.82) is 0 Å². The van der Waals surface area contributed by atoms with Gasteiger partial charge in [0.25, 0.3) is 0 Å². The van der Waals surface area contributed by atoms with Crippen molar-refractivity contribution < 1.29 is 4.74 Å². The molecule has 1 fully saturated rings. The van der Waals surface area contributed by atoms with Gasteiger partial charge in [0.2, 0.25) is 0 Å². The topological polar surface area (TPSA) is 24.5 Å². The predicted octanol–water partition coefficient (Wildman–Crippen LogP) is 2.66. The Hall–Kier alpha value is -1.06. The highest BCUT2D eigenvalue weighted by Gasteiger charge is 2.09. The normalized spacial score (nSPS) is 15.8. The van der Waals surface area contributed by atoms with Crippen molar-refractivity contribution >= 4 is 0 Å². The molecule has 3 heteroatoms. The number of hydrogen-bond acceptors (Lipinski definition) is 3. The predicted molar refractivity (Wildman–Crippen MR) is 79.6 cm³/mol. The highest BCUT2D eigenvalue weighted by Crippen LogP contribution is 2.12. The summed E-state index contributed by atoms with van der Waals surface area (Å²) < 4.78 is 5.43. The molecule has 2 rings (SSSR count). The van der Waals surface area contributed by atoms with Gasteiger partial charge < -0.3 is 15.0 Å². The maximum Gasteiger partial charge on any atom is 0.119 e. The van der Waals surface area contributed by atoms with E-state index < -0.39 is 0 Å². The second-order valence-electron chi connectivity index (χ2n) is 5.16. The maximum absolute atomic E-state index is 5.43. The molecule has 0 aliphatic carbocycles. The van der Waals surface area contributed by atoms with Crippen LogP contribution in [0.25, 0.3) is 0 Å². The first-order valence-electron chi connectivity index (χ1n) is 7.53. The highest BCUT2D eigenvalue weighted by molar-refractivity contribution is 5.27. The first-order valence-corrected chi connectivity index (χ1v) is 7.53. The van der Waals surface area contributed by atoms with E-state index in [2.05, 4.69) is 22.3 Å². The summed E-state index contributed by atoms with van der Waals surface area (Å²) >= 11 is 0. The average molecular weight is 262 g/mol. The minimum absolute atomic E-state index is 0.730. The van der Waals surface area contributed by atoms with Gasteiger partial charge in [-0.15, -0.1) is 0 Å². The van der Waals surface area contributed by atoms with Crippen molar-refractivity contribution in [1.82, 2.24) is 10.2 Å². The zero-order chi connectivity index (χ0) is 13.3. The average Bonchev–Trinajstić information content (AvgIpc) is 2.94. The molecule has 1 saturated heterocycles. The molecule has 3 nitrogen and oxygen atoms in total. The lowest BCUT2D eigenvalue weighted by atomic mass is 10.2. The highest BCUT2D eigenvalue weighted by atomic mass is 16.5. The molecule has 0 radical (unpaired) electrons. The molecule has 0 spiro atoms. The summed E-state index contributed by atoms with van der Waals surface area (Å²) in [4.78, 5) is 2.57. The van der Waals surface area contributed by atoms with Crippen molar-refractivity contribution in [2.45, 2.75) is 32.7 Å². The van der Waals surface area contributed by atoms with Crippen LogP contribution < -0.4 is 10.1 Å². The zero-order valence-corrected chi connectivity index (χ0v) is 12.0. The molecular formula is C16H26N2O. The summed E-state index contributed by atoms with van der Waals surface area (Å²) in [6.45, 7) is 8.65. The first kappa shape index (κ1) is 14.4. The van der Waals surface area contributed by atoms with Crippen LogP contribution in [0.15, 0.2) is 24.3 Å². The lowest BCUT2D eigenvalue weighted by Crippen LogP contribution is -2.24. The SMILES string of the molecule is CCOc1ccc(CNCCCN2CCCC2)cc1. The number of benzene rings is 1. The molecule has 1 aromatic rings. The molecule has 0 bridgehead atoms. The van der Waals surface area contributed by atoms with Crippen LogP contribution >= 0.6 is 0 Å². The fourth-order valence-electron chi connectivity index (χ4n) is 2.54. The summed E-state index contributed by atoms with van der Waals surface area (Å²) in [5.74, 6) is 0.959. The van der Waals surface area contributed by atoms with E-state index >= 15 is 0 Å². The minimum atomic E-state index is 0.730. The standard InChI is InChI=1S/C16H26N2O/c1-2-19-16-8-6-15(7-9-16)14-17-10-5-13-18-11-3-4-12-18/h6-9,17H,2-5,10-14H2,1H3. The third kappa shape index (κ3) is 5.21. The summed E-state index contributed by atoms with van der Waals surface area (Å²) in [5, 5.41) is 3.51. The number of nitrogens with zero attached hydrogens (tertiary/aromatic N) is 1. The van der Waals surface area contributed by atoms with Gasteiger partial charge in [0, 0.05) is 6.54 Å². The van der Waals surface area contributed by atoms with Crippen molar-refractivity contribution in [2.24, 2.45) is 0 Å². The quantitative estimate of drug-likeness (QED) is 0.729. The van der Waals surface area contributed by atoms with Crippen LogP contribution in [0.1, 0.15) is 31.7 Å². The van der Waals surface area contributed by atoms with E-state index in [1.807, 2.05) is 19.1 Å². The Labute approximate surface area is 116 Å². The summed E-state index contributed by atoms with van der Waals surface area (Å²) in [7, 11) is 0. The minimum Gasteiger partial charge on any atom is -0.494 e. The smallest absolute Gasteiger partial charge is 0.119 e. The van der Waals surface area contributed by atoms with E-state index in [9.17, 15) is 0 Å². The summed E-state index contributed by atoms with van der Waals surface area (Å²) in [5.41, 5.74) is 1.32. The van der Waals surface area contributed by atoms with E-state index in [0.717, 1.165) is 25.4 Å². The summed E-state index contributed by atoms with van der Waals surface area (Å²) in [6, 6.07) is 8.37. The van der Waals surface area contributed by atoms with Crippen molar-refractivity contribution in [2.75, 3.05) is 32.8 Å². The van der Waals surface area contributed by atoms with Crippen molar-refractivity contribution in [3.63, 3.8) is 0 Å². The molecule has 0 atom stereocenters. The molecule has 0 aromatic heterocycles. The fraction of sp³-hybridized carbons (Fsp3) is 0.625. The molecule has 1 aromatic carbocycles. The number of nitrogens with one attached hydrogen (secondary N) is 1. The van der Waals surface area contributed by atoms with Crippen molar-refractivity contribution in [3.8, 4) is 5.75 Å². The molecule has 1 heterocycles. The lowest BCUT2D eigenvalue weighted by molar-refractivity contribution is 0.331. The van der Waals surface area contributed by atoms with Gasteiger partial charge in [-0.1, -0.05) is 12.1 Å². The van der Waals surface area contributed by atoms with E-state index in [1.165, 1.54) is 44.5 Å². The van der Waals surface area contributed by atoms with Gasteiger partial charge >= 0.3 is 0 Å². The van der Waals surface area contributed by atoms with E-state index in [-0.39, 0.29) is 0 Å². The van der Waals surface area contributed by atoms with E-state index in [4.69, 9.17) is 4.74 Å². The van der Waals surface area contributed by atoms with Gasteiger partial charge in [0.05, 0.1) is 6.61 Å². The first-order chi connectivity index (χ1) is 9.38. The van der Waals surface area contributed by atoms with Gasteiger partial charge in [0.15, 0.2) is 0 Å². The zero-order valence-electron chi connectivity index (χ0n) is 12.0. The Balaban J connectivity index is 1.57. The second-order valence-corrected chi connectivity index (χ2v) is 5.16. The molecule has 0 amide bonds. The molecule has 1 aliphatic rings. The van der Waals surface area contributed by atoms with Crippen LogP contribution in [-0.4, -0.2) is 37.7 Å². The largest absolute Gasteiger partial charge is 0.494 e. The number of ether oxygens (including phenoxy) is 1. The third-order valence-electron chi connectivity index (χ3n) is 3.59. The third-order valence-corrected chi connectivity index (χ3v) is 3.59. The number of likely N-dealkylation sites (tertiary alicyclic amines) is 1. The fourth-order valence-corrected chi connectivity index (χ4v) is 2.54. The Kier molecular flexibility index (Phi) is 6.18. The van der Waals surface area contributed by atoms with Crippen LogP contribution in [-0.2, 0) is 6.54 Å². The Bertz CT molecular complexity index is 344. The van der Waals surface area contributed by atoms with Crippen LogP contribution in [0.5, 0.6) is 5.75 Å². The van der Waals surface area contributed by atoms with Crippen LogP contribution in [0.4, 0.5) is 0 Å². The van der Waals surface area contributed by atoms with Gasteiger partial charge in [0.1, 0.15) is 5.75 Å². The molecule has 1 N–H and O–H groups in total. The Morgan fingerprint density at radius 1 is 1.16 bits per heavy atom. The van der Waals surface area contributed by atoms with Crippen molar-refractivity contribution in [3.05, 3.63) is 29.8 Å². The van der Waals surface area contributed by atoms with Crippen LogP contribution in [0.2, 0.25) is 0 Å². The van der Waals surface area contributed by atoms with Gasteiger partial charge in [-0.25, -0.2) is 0 Å². The van der Waals surface area contributed by atoms with E-state index in [1.54, 1.807) is 0 Å². The molecule has 0 unspecified atom stereocenters. The van der Waals surface area contributed by atoms with Gasteiger partial charge in [-0.3, -0.25) is 0 Å². The van der Waals surface area contributed by atoms with Gasteiger partial charge in [-0.05, 0) is 70.1 Å².